The third-order valence-electron chi connectivity index (χ3n) is 4.12. The van der Waals surface area contributed by atoms with Crippen LogP contribution in [0.4, 0.5) is 9.59 Å². The Morgan fingerprint density at radius 1 is 0.853 bits per heavy atom. The Morgan fingerprint density at radius 3 is 1.97 bits per heavy atom. The Hall–Kier alpha value is -3.00. The number of thioether (sulfide) groups is 1. The zero-order valence-corrected chi connectivity index (χ0v) is 21.8. The van der Waals surface area contributed by atoms with Gasteiger partial charge in [-0.05, 0) is 71.1 Å². The maximum absolute atomic E-state index is 13.0. The molecule has 0 spiro atoms. The number of aliphatic imine (C=N–C) groups is 1. The summed E-state index contributed by atoms with van der Waals surface area (Å²) in [6, 6.07) is 17.3. The van der Waals surface area contributed by atoms with Crippen molar-refractivity contribution in [2.45, 2.75) is 65.9 Å². The monoisotopic (exact) mass is 486 g/mol. The molecular weight excluding hydrogens is 452 g/mol. The summed E-state index contributed by atoms with van der Waals surface area (Å²) in [6.45, 7) is 11.2. The first kappa shape index (κ1) is 27.2. The first-order chi connectivity index (χ1) is 15.9. The van der Waals surface area contributed by atoms with Crippen LogP contribution in [-0.2, 0) is 22.6 Å². The van der Waals surface area contributed by atoms with Crippen LogP contribution in [0.2, 0.25) is 0 Å². The van der Waals surface area contributed by atoms with E-state index in [0.29, 0.717) is 12.4 Å². The van der Waals surface area contributed by atoms with Crippen molar-refractivity contribution in [2.24, 2.45) is 4.99 Å². The first-order valence-electron chi connectivity index (χ1n) is 11.0. The lowest BCUT2D eigenvalue weighted by molar-refractivity contribution is 0.0363. The van der Waals surface area contributed by atoms with Crippen LogP contribution in [0.25, 0.3) is 0 Å². The zero-order valence-electron chi connectivity index (χ0n) is 21.0. The van der Waals surface area contributed by atoms with Gasteiger partial charge in [0.15, 0.2) is 5.17 Å². The lowest BCUT2D eigenvalue weighted by Crippen LogP contribution is -2.39. The van der Waals surface area contributed by atoms with Gasteiger partial charge in [-0.1, -0.05) is 54.2 Å². The molecule has 0 N–H and O–H groups in total. The van der Waals surface area contributed by atoms with Gasteiger partial charge >= 0.3 is 12.2 Å². The molecule has 0 unspecified atom stereocenters. The molecule has 2 aromatic carbocycles. The van der Waals surface area contributed by atoms with Crippen molar-refractivity contribution in [3.05, 3.63) is 65.7 Å². The number of nitrogens with zero attached hydrogens (tertiary/aromatic N) is 2. The van der Waals surface area contributed by atoms with Gasteiger partial charge in [0.1, 0.15) is 23.6 Å². The van der Waals surface area contributed by atoms with E-state index >= 15 is 0 Å². The van der Waals surface area contributed by atoms with Gasteiger partial charge in [-0.2, -0.15) is 4.99 Å². The van der Waals surface area contributed by atoms with Crippen LogP contribution in [0, 0.1) is 0 Å². The van der Waals surface area contributed by atoms with Gasteiger partial charge in [-0.15, -0.1) is 0 Å². The van der Waals surface area contributed by atoms with Crippen molar-refractivity contribution in [2.75, 3.05) is 6.26 Å². The molecule has 0 saturated carbocycles. The predicted octanol–water partition coefficient (Wildman–Crippen LogP) is 6.66. The van der Waals surface area contributed by atoms with Crippen LogP contribution in [0.15, 0.2) is 59.6 Å². The summed E-state index contributed by atoms with van der Waals surface area (Å²) in [7, 11) is 0. The summed E-state index contributed by atoms with van der Waals surface area (Å²) < 4.78 is 16.7. The highest BCUT2D eigenvalue weighted by Gasteiger charge is 2.27. The molecule has 0 fully saturated rings. The minimum Gasteiger partial charge on any atom is -0.489 e. The minimum absolute atomic E-state index is 0.163. The topological polar surface area (TPSA) is 77.4 Å². The van der Waals surface area contributed by atoms with Gasteiger partial charge in [0.2, 0.25) is 0 Å². The van der Waals surface area contributed by atoms with Crippen molar-refractivity contribution in [1.29, 1.82) is 0 Å². The number of amides is 2. The van der Waals surface area contributed by atoms with E-state index in [0.717, 1.165) is 22.9 Å². The smallest absolute Gasteiger partial charge is 0.436 e. The van der Waals surface area contributed by atoms with Crippen molar-refractivity contribution in [3.63, 3.8) is 0 Å². The first-order valence-corrected chi connectivity index (χ1v) is 12.2. The second-order valence-electron chi connectivity index (χ2n) is 9.56. The standard InChI is InChI=1S/C26H34N2O5S/c1-25(2,3)32-23(29)27-22(34-7)28(24(30)33-26(4,5)6)17-19-13-15-21(16-14-19)31-18-20-11-9-8-10-12-20/h8-16H,17-18H2,1-7H3/b27-22-. The summed E-state index contributed by atoms with van der Waals surface area (Å²) in [5, 5.41) is 0.188. The quantitative estimate of drug-likeness (QED) is 0.347. The minimum atomic E-state index is -0.768. The number of rotatable bonds is 5. The molecule has 0 aliphatic heterocycles. The number of carbonyl (C=O) groups is 2. The van der Waals surface area contributed by atoms with E-state index in [-0.39, 0.29) is 11.7 Å². The predicted molar refractivity (Wildman–Crippen MR) is 136 cm³/mol. The molecule has 8 heteroatoms. The highest BCUT2D eigenvalue weighted by molar-refractivity contribution is 8.13. The zero-order chi connectivity index (χ0) is 25.4. The number of hydrogen-bond donors (Lipinski definition) is 0. The fourth-order valence-corrected chi connectivity index (χ4v) is 3.25. The number of carbonyl (C=O) groups excluding carboxylic acids is 2. The van der Waals surface area contributed by atoms with Crippen LogP contribution in [-0.4, -0.2) is 39.7 Å². The maximum atomic E-state index is 13.0. The molecule has 0 saturated heterocycles. The molecular formula is C26H34N2O5S. The van der Waals surface area contributed by atoms with E-state index in [9.17, 15) is 9.59 Å². The summed E-state index contributed by atoms with van der Waals surface area (Å²) in [5.41, 5.74) is 0.491. The van der Waals surface area contributed by atoms with Crippen molar-refractivity contribution in [1.82, 2.24) is 4.90 Å². The molecule has 0 aliphatic rings. The fourth-order valence-electron chi connectivity index (χ4n) is 2.72. The molecule has 0 radical (unpaired) electrons. The molecule has 34 heavy (non-hydrogen) atoms. The molecule has 0 aliphatic carbocycles. The highest BCUT2D eigenvalue weighted by atomic mass is 32.2. The Bertz CT molecular complexity index is 977. The van der Waals surface area contributed by atoms with E-state index in [1.807, 2.05) is 54.6 Å². The molecule has 7 nitrogen and oxygen atoms in total. The van der Waals surface area contributed by atoms with Gasteiger partial charge < -0.3 is 14.2 Å². The Kier molecular flexibility index (Phi) is 9.55. The fraction of sp³-hybridized carbons (Fsp3) is 0.423. The van der Waals surface area contributed by atoms with Crippen LogP contribution >= 0.6 is 11.8 Å². The van der Waals surface area contributed by atoms with Crippen LogP contribution in [0.1, 0.15) is 52.7 Å². The number of benzene rings is 2. The second-order valence-corrected chi connectivity index (χ2v) is 10.3. The molecule has 0 heterocycles. The van der Waals surface area contributed by atoms with E-state index in [1.54, 1.807) is 47.8 Å². The van der Waals surface area contributed by atoms with Gasteiger partial charge in [0.05, 0.1) is 6.54 Å². The molecule has 0 aromatic heterocycles. The average Bonchev–Trinajstić information content (AvgIpc) is 2.73. The molecule has 0 bridgehead atoms. The lowest BCUT2D eigenvalue weighted by atomic mass is 10.2. The lowest BCUT2D eigenvalue weighted by Gasteiger charge is -2.27. The molecule has 2 aromatic rings. The molecule has 184 valence electrons. The van der Waals surface area contributed by atoms with E-state index < -0.39 is 23.4 Å². The summed E-state index contributed by atoms with van der Waals surface area (Å²) >= 11 is 1.16. The van der Waals surface area contributed by atoms with Crippen molar-refractivity contribution in [3.8, 4) is 5.75 Å². The number of hydrogen-bond acceptors (Lipinski definition) is 6. The Morgan fingerprint density at radius 2 is 1.44 bits per heavy atom. The normalized spacial score (nSPS) is 12.1. The molecule has 2 rings (SSSR count). The molecule has 0 atom stereocenters. The van der Waals surface area contributed by atoms with Gasteiger partial charge in [0.25, 0.3) is 0 Å². The van der Waals surface area contributed by atoms with E-state index in [4.69, 9.17) is 14.2 Å². The number of ether oxygens (including phenoxy) is 3. The third kappa shape index (κ3) is 9.87. The highest BCUT2D eigenvalue weighted by Crippen LogP contribution is 2.20. The van der Waals surface area contributed by atoms with Gasteiger partial charge in [-0.25, -0.2) is 9.59 Å². The summed E-state index contributed by atoms with van der Waals surface area (Å²) in [6.07, 6.45) is 0.366. The second kappa shape index (κ2) is 11.9. The largest absolute Gasteiger partial charge is 0.489 e. The van der Waals surface area contributed by atoms with Crippen LogP contribution in [0.5, 0.6) is 5.75 Å². The van der Waals surface area contributed by atoms with E-state index in [1.165, 1.54) is 4.90 Å². The Labute approximate surface area is 206 Å². The van der Waals surface area contributed by atoms with Crippen LogP contribution in [0.3, 0.4) is 0 Å². The summed E-state index contributed by atoms with van der Waals surface area (Å²) in [5.74, 6) is 0.712. The maximum Gasteiger partial charge on any atom is 0.436 e. The van der Waals surface area contributed by atoms with Crippen molar-refractivity contribution >= 4 is 29.1 Å². The third-order valence-corrected chi connectivity index (χ3v) is 4.80. The molecule has 2 amide bonds. The van der Waals surface area contributed by atoms with Gasteiger partial charge in [0, 0.05) is 0 Å². The van der Waals surface area contributed by atoms with Gasteiger partial charge in [-0.3, -0.25) is 4.90 Å². The average molecular weight is 487 g/mol. The van der Waals surface area contributed by atoms with Crippen molar-refractivity contribution < 1.29 is 23.8 Å². The Balaban J connectivity index is 2.20. The number of amidine groups is 1. The van der Waals surface area contributed by atoms with E-state index in [2.05, 4.69) is 4.99 Å². The van der Waals surface area contributed by atoms with Crippen LogP contribution < -0.4 is 4.74 Å². The summed E-state index contributed by atoms with van der Waals surface area (Å²) in [4.78, 5) is 30.7. The SMILES string of the molecule is CS/C(=N\C(=O)OC(C)(C)C)N(Cc1ccc(OCc2ccccc2)cc1)C(=O)OC(C)(C)C.